The topological polar surface area (TPSA) is 24.5 Å². The van der Waals surface area contributed by atoms with Crippen molar-refractivity contribution in [3.8, 4) is 0 Å². The van der Waals surface area contributed by atoms with Gasteiger partial charge in [-0.25, -0.2) is 27.0 Å². The molecule has 100 valence electrons. The van der Waals surface area contributed by atoms with Crippen molar-refractivity contribution in [3.63, 3.8) is 0 Å². The fourth-order valence-corrected chi connectivity index (χ4v) is 1.54. The summed E-state index contributed by atoms with van der Waals surface area (Å²) in [5.41, 5.74) is 1.14. The molecule has 0 amide bonds. The van der Waals surface area contributed by atoms with Gasteiger partial charge in [0.15, 0.2) is 23.3 Å². The third kappa shape index (κ3) is 2.25. The molecular formula is C10H9F5N2O. The number of hydrazine groups is 1. The van der Waals surface area contributed by atoms with Crippen molar-refractivity contribution in [1.82, 2.24) is 5.01 Å². The molecule has 1 heterocycles. The fraction of sp³-hybridized carbons (Fsp3) is 0.400. The van der Waals surface area contributed by atoms with Crippen LogP contribution >= 0.6 is 0 Å². The molecule has 0 spiro atoms. The Balaban J connectivity index is 2.32. The quantitative estimate of drug-likeness (QED) is 0.504. The summed E-state index contributed by atoms with van der Waals surface area (Å²) in [7, 11) is 0. The second-order valence-electron chi connectivity index (χ2n) is 3.66. The van der Waals surface area contributed by atoms with Crippen LogP contribution in [0.3, 0.4) is 0 Å². The maximum absolute atomic E-state index is 13.3. The van der Waals surface area contributed by atoms with E-state index in [9.17, 15) is 22.0 Å². The van der Waals surface area contributed by atoms with Crippen LogP contribution in [0.1, 0.15) is 0 Å². The van der Waals surface area contributed by atoms with Gasteiger partial charge in [0.2, 0.25) is 5.82 Å². The van der Waals surface area contributed by atoms with Crippen LogP contribution in [0, 0.1) is 29.1 Å². The van der Waals surface area contributed by atoms with Gasteiger partial charge in [0, 0.05) is 13.1 Å². The van der Waals surface area contributed by atoms with E-state index in [1.165, 1.54) is 5.01 Å². The molecule has 0 unspecified atom stereocenters. The minimum absolute atomic E-state index is 0.277. The van der Waals surface area contributed by atoms with Gasteiger partial charge in [-0.15, -0.1) is 0 Å². The second kappa shape index (κ2) is 5.07. The third-order valence-electron chi connectivity index (χ3n) is 2.49. The first kappa shape index (κ1) is 13.0. The molecule has 18 heavy (non-hydrogen) atoms. The van der Waals surface area contributed by atoms with Crippen molar-refractivity contribution in [3.05, 3.63) is 29.1 Å². The molecule has 1 fully saturated rings. The van der Waals surface area contributed by atoms with E-state index < -0.39 is 34.8 Å². The van der Waals surface area contributed by atoms with E-state index in [1.54, 1.807) is 0 Å². The smallest absolute Gasteiger partial charge is 0.200 e. The zero-order valence-electron chi connectivity index (χ0n) is 9.07. The van der Waals surface area contributed by atoms with Crippen LogP contribution in [0.25, 0.3) is 0 Å². The molecule has 0 bridgehead atoms. The van der Waals surface area contributed by atoms with Gasteiger partial charge in [-0.05, 0) is 0 Å². The van der Waals surface area contributed by atoms with Crippen LogP contribution in [-0.2, 0) is 4.74 Å². The minimum atomic E-state index is -2.17. The summed E-state index contributed by atoms with van der Waals surface area (Å²) in [6.45, 7) is 1.17. The first-order valence-electron chi connectivity index (χ1n) is 5.13. The molecule has 0 radical (unpaired) electrons. The van der Waals surface area contributed by atoms with Crippen LogP contribution in [0.4, 0.5) is 27.6 Å². The Bertz CT molecular complexity index is 433. The Morgan fingerprint density at radius 1 is 0.778 bits per heavy atom. The zero-order chi connectivity index (χ0) is 13.3. The van der Waals surface area contributed by atoms with Gasteiger partial charge in [0.05, 0.1) is 13.2 Å². The highest BCUT2D eigenvalue weighted by Gasteiger charge is 2.27. The standard InChI is InChI=1S/C10H9F5N2O/c11-5-6(12)8(14)10(9(15)7(5)13)16-17-1-3-18-4-2-17/h16H,1-4H2. The lowest BCUT2D eigenvalue weighted by atomic mass is 10.2. The lowest BCUT2D eigenvalue weighted by Gasteiger charge is -2.28. The Morgan fingerprint density at radius 2 is 1.22 bits per heavy atom. The summed E-state index contributed by atoms with van der Waals surface area (Å²) >= 11 is 0. The average molecular weight is 268 g/mol. The summed E-state index contributed by atoms with van der Waals surface area (Å²) in [6.07, 6.45) is 0. The van der Waals surface area contributed by atoms with Crippen LogP contribution in [0.15, 0.2) is 0 Å². The number of rotatable bonds is 2. The van der Waals surface area contributed by atoms with Crippen LogP contribution in [0.5, 0.6) is 0 Å². The highest BCUT2D eigenvalue weighted by Crippen LogP contribution is 2.27. The predicted molar refractivity (Wildman–Crippen MR) is 52.2 cm³/mol. The van der Waals surface area contributed by atoms with Gasteiger partial charge in [-0.2, -0.15) is 0 Å². The molecule has 1 aliphatic heterocycles. The van der Waals surface area contributed by atoms with Crippen LogP contribution in [0.2, 0.25) is 0 Å². The van der Waals surface area contributed by atoms with Crippen molar-refractivity contribution in [2.75, 3.05) is 31.7 Å². The number of hydrogen-bond acceptors (Lipinski definition) is 3. The van der Waals surface area contributed by atoms with E-state index in [-0.39, 0.29) is 13.1 Å². The molecule has 0 atom stereocenters. The summed E-state index contributed by atoms with van der Waals surface area (Å²) in [5, 5.41) is 1.32. The van der Waals surface area contributed by atoms with Crippen LogP contribution < -0.4 is 5.43 Å². The maximum Gasteiger partial charge on any atom is 0.200 e. The Morgan fingerprint density at radius 3 is 1.72 bits per heavy atom. The largest absolute Gasteiger partial charge is 0.379 e. The van der Waals surface area contributed by atoms with E-state index in [0.717, 1.165) is 0 Å². The monoisotopic (exact) mass is 268 g/mol. The van der Waals surface area contributed by atoms with E-state index in [0.29, 0.717) is 13.2 Å². The van der Waals surface area contributed by atoms with Crippen LogP contribution in [-0.4, -0.2) is 31.3 Å². The molecule has 0 saturated carbocycles. The van der Waals surface area contributed by atoms with Gasteiger partial charge in [0.25, 0.3) is 0 Å². The van der Waals surface area contributed by atoms with E-state index in [1.807, 2.05) is 0 Å². The van der Waals surface area contributed by atoms with Crippen molar-refractivity contribution >= 4 is 5.69 Å². The number of ether oxygens (including phenoxy) is 1. The molecule has 3 nitrogen and oxygen atoms in total. The molecule has 1 N–H and O–H groups in total. The lowest BCUT2D eigenvalue weighted by molar-refractivity contribution is 0.0492. The summed E-state index contributed by atoms with van der Waals surface area (Å²) < 4.78 is 70.2. The molecule has 1 aliphatic rings. The molecule has 1 aromatic carbocycles. The number of nitrogens with zero attached hydrogens (tertiary/aromatic N) is 1. The molecule has 0 aliphatic carbocycles. The van der Waals surface area contributed by atoms with Crippen molar-refractivity contribution in [2.24, 2.45) is 0 Å². The summed E-state index contributed by atoms with van der Waals surface area (Å²) in [5.74, 6) is -9.86. The first-order valence-corrected chi connectivity index (χ1v) is 5.13. The normalized spacial score (nSPS) is 16.9. The minimum Gasteiger partial charge on any atom is -0.379 e. The lowest BCUT2D eigenvalue weighted by Crippen LogP contribution is -2.40. The number of nitrogens with one attached hydrogen (secondary N) is 1. The van der Waals surface area contributed by atoms with Crippen molar-refractivity contribution < 1.29 is 26.7 Å². The predicted octanol–water partition coefficient (Wildman–Crippen LogP) is 2.04. The molecule has 2 rings (SSSR count). The Hall–Kier alpha value is -1.41. The molecule has 1 saturated heterocycles. The Kier molecular flexibility index (Phi) is 3.67. The highest BCUT2D eigenvalue weighted by atomic mass is 19.2. The second-order valence-corrected chi connectivity index (χ2v) is 3.66. The summed E-state index contributed by atoms with van der Waals surface area (Å²) in [4.78, 5) is 0. The summed E-state index contributed by atoms with van der Waals surface area (Å²) in [6, 6.07) is 0. The molecular weight excluding hydrogens is 259 g/mol. The van der Waals surface area contributed by atoms with Gasteiger partial charge in [0.1, 0.15) is 5.69 Å². The fourth-order valence-electron chi connectivity index (χ4n) is 1.54. The van der Waals surface area contributed by atoms with Crippen molar-refractivity contribution in [2.45, 2.75) is 0 Å². The maximum atomic E-state index is 13.3. The molecule has 1 aromatic rings. The van der Waals surface area contributed by atoms with Gasteiger partial charge in [-0.1, -0.05) is 0 Å². The number of halogens is 5. The number of morpholine rings is 1. The van der Waals surface area contributed by atoms with Crippen molar-refractivity contribution in [1.29, 1.82) is 0 Å². The number of anilines is 1. The Labute approximate surface area is 99.1 Å². The zero-order valence-corrected chi connectivity index (χ0v) is 9.07. The highest BCUT2D eigenvalue weighted by molar-refractivity contribution is 5.46. The first-order chi connectivity index (χ1) is 8.52. The average Bonchev–Trinajstić information content (AvgIpc) is 2.40. The third-order valence-corrected chi connectivity index (χ3v) is 2.49. The van der Waals surface area contributed by atoms with E-state index >= 15 is 0 Å². The van der Waals surface area contributed by atoms with E-state index in [2.05, 4.69) is 5.43 Å². The van der Waals surface area contributed by atoms with Gasteiger partial charge >= 0.3 is 0 Å². The van der Waals surface area contributed by atoms with Gasteiger partial charge in [-0.3, -0.25) is 0 Å². The van der Waals surface area contributed by atoms with E-state index in [4.69, 9.17) is 4.74 Å². The molecule has 8 heteroatoms. The number of benzene rings is 1. The van der Waals surface area contributed by atoms with Gasteiger partial charge < -0.3 is 10.2 Å². The molecule has 0 aromatic heterocycles. The number of hydrogen-bond donors (Lipinski definition) is 1. The SMILES string of the molecule is Fc1c(F)c(F)c(NN2CCOCC2)c(F)c1F.